The van der Waals surface area contributed by atoms with E-state index in [0.29, 0.717) is 18.8 Å². The quantitative estimate of drug-likeness (QED) is 0.856. The van der Waals surface area contributed by atoms with E-state index in [2.05, 4.69) is 10.4 Å². The second-order valence-electron chi connectivity index (χ2n) is 5.03. The lowest BCUT2D eigenvalue weighted by Gasteiger charge is -2.07. The average molecular weight is 312 g/mol. The Morgan fingerprint density at radius 3 is 2.62 bits per heavy atom. The summed E-state index contributed by atoms with van der Waals surface area (Å²) < 4.78 is 32.0. The second kappa shape index (κ2) is 6.00. The third-order valence-electron chi connectivity index (χ3n) is 3.10. The van der Waals surface area contributed by atoms with Gasteiger partial charge in [-0.05, 0) is 19.1 Å². The van der Waals surface area contributed by atoms with Gasteiger partial charge in [0, 0.05) is 39.4 Å². The Kier molecular flexibility index (Phi) is 4.50. The van der Waals surface area contributed by atoms with Crippen LogP contribution in [0, 0.1) is 6.92 Å². The number of rotatable bonds is 6. The van der Waals surface area contributed by atoms with Crippen LogP contribution in [-0.2, 0) is 30.2 Å². The molecule has 8 heteroatoms. The van der Waals surface area contributed by atoms with Crippen LogP contribution in [0.5, 0.6) is 0 Å². The molecule has 2 aromatic heterocycles. The lowest BCUT2D eigenvalue weighted by Crippen LogP contribution is -2.21. The molecule has 0 aliphatic carbocycles. The van der Waals surface area contributed by atoms with Crippen LogP contribution in [-0.4, -0.2) is 36.6 Å². The molecule has 21 heavy (non-hydrogen) atoms. The molecule has 0 aromatic carbocycles. The monoisotopic (exact) mass is 312 g/mol. The van der Waals surface area contributed by atoms with Crippen LogP contribution in [0.15, 0.2) is 27.8 Å². The number of nitrogens with zero attached hydrogens (tertiary/aromatic N) is 3. The third-order valence-corrected chi connectivity index (χ3v) is 4.79. The first-order valence-electron chi connectivity index (χ1n) is 6.52. The van der Waals surface area contributed by atoms with Crippen molar-refractivity contribution in [1.29, 1.82) is 0 Å². The summed E-state index contributed by atoms with van der Waals surface area (Å²) in [5.41, 5.74) is 2.07. The fourth-order valence-electron chi connectivity index (χ4n) is 1.91. The molecule has 0 unspecified atom stereocenters. The van der Waals surface area contributed by atoms with E-state index >= 15 is 0 Å². The number of aromatic nitrogens is 2. The number of hydrogen-bond acceptors (Lipinski definition) is 5. The smallest absolute Gasteiger partial charge is 0.275 e. The molecule has 0 saturated heterocycles. The molecule has 0 bridgehead atoms. The lowest BCUT2D eigenvalue weighted by atomic mass is 10.2. The molecule has 2 aromatic rings. The van der Waals surface area contributed by atoms with Crippen molar-refractivity contribution in [2.24, 2.45) is 7.05 Å². The zero-order valence-electron chi connectivity index (χ0n) is 12.6. The summed E-state index contributed by atoms with van der Waals surface area (Å²) in [6, 6.07) is 3.14. The lowest BCUT2D eigenvalue weighted by molar-refractivity contribution is 0.389. The Hall–Kier alpha value is -1.64. The SMILES string of the molecule is Cc1nn(C)cc1CNCc1ccc(S(=O)(=O)N(C)C)o1. The highest BCUT2D eigenvalue weighted by atomic mass is 32.2. The molecule has 116 valence electrons. The van der Waals surface area contributed by atoms with Gasteiger partial charge in [-0.1, -0.05) is 0 Å². The normalized spacial score (nSPS) is 12.2. The first-order chi connectivity index (χ1) is 9.80. The maximum atomic E-state index is 11.9. The zero-order chi connectivity index (χ0) is 15.6. The molecule has 0 aliphatic rings. The first-order valence-corrected chi connectivity index (χ1v) is 7.96. The molecule has 0 atom stereocenters. The standard InChI is InChI=1S/C13H20N4O3S/c1-10-11(9-17(4)15-10)7-14-8-12-5-6-13(20-12)21(18,19)16(2)3/h5-6,9,14H,7-8H2,1-4H3. The van der Waals surface area contributed by atoms with Crippen molar-refractivity contribution in [3.05, 3.63) is 35.3 Å². The van der Waals surface area contributed by atoms with E-state index < -0.39 is 10.0 Å². The maximum absolute atomic E-state index is 11.9. The van der Waals surface area contributed by atoms with Gasteiger partial charge in [0.25, 0.3) is 10.0 Å². The predicted molar refractivity (Wildman–Crippen MR) is 78.1 cm³/mol. The van der Waals surface area contributed by atoms with Crippen LogP contribution < -0.4 is 5.32 Å². The van der Waals surface area contributed by atoms with Gasteiger partial charge in [-0.15, -0.1) is 0 Å². The molecular weight excluding hydrogens is 292 g/mol. The van der Waals surface area contributed by atoms with Crippen LogP contribution in [0.4, 0.5) is 0 Å². The number of hydrogen-bond donors (Lipinski definition) is 1. The third kappa shape index (κ3) is 3.52. The molecule has 2 rings (SSSR count). The predicted octanol–water partition coefficient (Wildman–Crippen LogP) is 0.862. The molecule has 0 spiro atoms. The summed E-state index contributed by atoms with van der Waals surface area (Å²) in [5, 5.41) is 7.43. The number of sulfonamides is 1. The fourth-order valence-corrected chi connectivity index (χ4v) is 2.73. The molecule has 0 fully saturated rings. The van der Waals surface area contributed by atoms with Gasteiger partial charge in [-0.2, -0.15) is 5.10 Å². The Morgan fingerprint density at radius 2 is 2.05 bits per heavy atom. The van der Waals surface area contributed by atoms with Crippen LogP contribution >= 0.6 is 0 Å². The van der Waals surface area contributed by atoms with E-state index in [1.807, 2.05) is 20.2 Å². The first kappa shape index (κ1) is 15.7. The Balaban J connectivity index is 1.96. The van der Waals surface area contributed by atoms with Crippen LogP contribution in [0.25, 0.3) is 0 Å². The molecule has 2 heterocycles. The zero-order valence-corrected chi connectivity index (χ0v) is 13.4. The van der Waals surface area contributed by atoms with Gasteiger partial charge in [0.05, 0.1) is 12.2 Å². The fraction of sp³-hybridized carbons (Fsp3) is 0.462. The molecule has 1 N–H and O–H groups in total. The van der Waals surface area contributed by atoms with E-state index in [0.717, 1.165) is 15.6 Å². The summed E-state index contributed by atoms with van der Waals surface area (Å²) in [6.45, 7) is 3.05. The van der Waals surface area contributed by atoms with Crippen molar-refractivity contribution >= 4 is 10.0 Å². The minimum Gasteiger partial charge on any atom is -0.447 e. The molecule has 0 saturated carbocycles. The van der Waals surface area contributed by atoms with Crippen molar-refractivity contribution in [1.82, 2.24) is 19.4 Å². The summed E-state index contributed by atoms with van der Waals surface area (Å²) in [4.78, 5) is 0. The van der Waals surface area contributed by atoms with Crippen molar-refractivity contribution in [3.63, 3.8) is 0 Å². The van der Waals surface area contributed by atoms with Crippen LogP contribution in [0.3, 0.4) is 0 Å². The average Bonchev–Trinajstić information content (AvgIpc) is 2.97. The van der Waals surface area contributed by atoms with E-state index in [4.69, 9.17) is 4.42 Å². The highest BCUT2D eigenvalue weighted by Gasteiger charge is 2.21. The van der Waals surface area contributed by atoms with E-state index in [1.54, 1.807) is 10.7 Å². The molecular formula is C13H20N4O3S. The number of nitrogens with one attached hydrogen (secondary N) is 1. The summed E-state index contributed by atoms with van der Waals surface area (Å²) in [5.74, 6) is 0.581. The van der Waals surface area contributed by atoms with E-state index in [9.17, 15) is 8.42 Å². The Morgan fingerprint density at radius 1 is 1.33 bits per heavy atom. The van der Waals surface area contributed by atoms with E-state index in [1.165, 1.54) is 20.2 Å². The topological polar surface area (TPSA) is 80.4 Å². The van der Waals surface area contributed by atoms with Crippen molar-refractivity contribution < 1.29 is 12.8 Å². The summed E-state index contributed by atoms with van der Waals surface area (Å²) in [6.07, 6.45) is 1.95. The largest absolute Gasteiger partial charge is 0.447 e. The van der Waals surface area contributed by atoms with Crippen molar-refractivity contribution in [3.8, 4) is 0 Å². The Bertz CT molecular complexity index is 716. The van der Waals surface area contributed by atoms with Gasteiger partial charge >= 0.3 is 0 Å². The van der Waals surface area contributed by atoms with Gasteiger partial charge in [-0.25, -0.2) is 12.7 Å². The highest BCUT2D eigenvalue weighted by molar-refractivity contribution is 7.88. The van der Waals surface area contributed by atoms with Gasteiger partial charge in [0.1, 0.15) is 5.76 Å². The molecule has 7 nitrogen and oxygen atoms in total. The van der Waals surface area contributed by atoms with Crippen molar-refractivity contribution in [2.45, 2.75) is 25.1 Å². The minimum absolute atomic E-state index is 0.0399. The molecule has 0 amide bonds. The highest BCUT2D eigenvalue weighted by Crippen LogP contribution is 2.16. The number of furan rings is 1. The van der Waals surface area contributed by atoms with Crippen LogP contribution in [0.1, 0.15) is 17.0 Å². The molecule has 0 radical (unpaired) electrons. The van der Waals surface area contributed by atoms with Gasteiger partial charge in [0.15, 0.2) is 0 Å². The minimum atomic E-state index is -3.51. The van der Waals surface area contributed by atoms with Gasteiger partial charge in [-0.3, -0.25) is 4.68 Å². The van der Waals surface area contributed by atoms with Crippen molar-refractivity contribution in [2.75, 3.05) is 14.1 Å². The summed E-state index contributed by atoms with van der Waals surface area (Å²) >= 11 is 0. The molecule has 0 aliphatic heterocycles. The second-order valence-corrected chi connectivity index (χ2v) is 7.11. The van der Waals surface area contributed by atoms with Gasteiger partial charge in [0.2, 0.25) is 5.09 Å². The summed E-state index contributed by atoms with van der Waals surface area (Å²) in [7, 11) is 1.31. The van der Waals surface area contributed by atoms with E-state index in [-0.39, 0.29) is 5.09 Å². The number of aryl methyl sites for hydroxylation is 2. The van der Waals surface area contributed by atoms with Crippen LogP contribution in [0.2, 0.25) is 0 Å². The maximum Gasteiger partial charge on any atom is 0.275 e. The Labute approximate surface area is 124 Å². The van der Waals surface area contributed by atoms with Gasteiger partial charge < -0.3 is 9.73 Å².